The zero-order valence-electron chi connectivity index (χ0n) is 14.7. The van der Waals surface area contributed by atoms with Gasteiger partial charge >= 0.3 is 0 Å². The van der Waals surface area contributed by atoms with Crippen LogP contribution in [0.1, 0.15) is 34.0 Å². The predicted octanol–water partition coefficient (Wildman–Crippen LogP) is 4.96. The lowest BCUT2D eigenvalue weighted by molar-refractivity contribution is 0.106. The van der Waals surface area contributed by atoms with E-state index in [1.165, 1.54) is 5.56 Å². The molecule has 0 saturated heterocycles. The summed E-state index contributed by atoms with van der Waals surface area (Å²) < 4.78 is 0. The van der Waals surface area contributed by atoms with Crippen molar-refractivity contribution in [2.45, 2.75) is 13.3 Å². The summed E-state index contributed by atoms with van der Waals surface area (Å²) in [6.07, 6.45) is 2.67. The highest BCUT2D eigenvalue weighted by Gasteiger charge is 2.15. The highest BCUT2D eigenvalue weighted by atomic mass is 16.1. The van der Waals surface area contributed by atoms with Crippen LogP contribution in [-0.2, 0) is 6.42 Å². The highest BCUT2D eigenvalue weighted by Crippen LogP contribution is 2.10. The summed E-state index contributed by atoms with van der Waals surface area (Å²) in [7, 11) is 0. The normalized spacial score (nSPS) is 11.7. The smallest absolute Gasteiger partial charge is 0.213 e. The lowest BCUT2D eigenvalue weighted by atomic mass is 10.0. The zero-order valence-corrected chi connectivity index (χ0v) is 14.7. The van der Waals surface area contributed by atoms with Crippen LogP contribution in [0.15, 0.2) is 95.1 Å². The third-order valence-electron chi connectivity index (χ3n) is 4.05. The molecule has 0 heterocycles. The molecular weight excluding hydrogens is 320 g/mol. The van der Waals surface area contributed by atoms with E-state index >= 15 is 0 Å². The van der Waals surface area contributed by atoms with Crippen molar-refractivity contribution in [1.82, 2.24) is 0 Å². The molecule has 0 atom stereocenters. The number of aryl methyl sites for hydroxylation is 1. The lowest BCUT2D eigenvalue weighted by Gasteiger charge is -2.04. The molecule has 3 heteroatoms. The van der Waals surface area contributed by atoms with Gasteiger partial charge in [-0.2, -0.15) is 5.10 Å². The van der Waals surface area contributed by atoms with Crippen LogP contribution in [0.3, 0.4) is 0 Å². The van der Waals surface area contributed by atoms with E-state index in [0.717, 1.165) is 17.5 Å². The van der Waals surface area contributed by atoms with Gasteiger partial charge in [0.05, 0.1) is 6.21 Å². The minimum atomic E-state index is -0.143. The van der Waals surface area contributed by atoms with E-state index in [2.05, 4.69) is 29.3 Å². The Hall–Kier alpha value is -3.33. The Labute approximate surface area is 153 Å². The van der Waals surface area contributed by atoms with Gasteiger partial charge in [0, 0.05) is 11.1 Å². The molecule has 0 aliphatic rings. The van der Waals surface area contributed by atoms with Gasteiger partial charge in [0.2, 0.25) is 5.78 Å². The van der Waals surface area contributed by atoms with E-state index < -0.39 is 0 Å². The maximum Gasteiger partial charge on any atom is 0.213 e. The molecule has 0 aliphatic carbocycles. The van der Waals surface area contributed by atoms with Gasteiger partial charge in [0.15, 0.2) is 0 Å². The second kappa shape index (κ2) is 8.67. The summed E-state index contributed by atoms with van der Waals surface area (Å²) in [4.78, 5) is 12.9. The molecule has 26 heavy (non-hydrogen) atoms. The predicted molar refractivity (Wildman–Crippen MR) is 107 cm³/mol. The fourth-order valence-corrected chi connectivity index (χ4v) is 2.55. The van der Waals surface area contributed by atoms with Gasteiger partial charge in [-0.15, -0.1) is 5.10 Å². The molecule has 128 valence electrons. The fraction of sp³-hybridized carbons (Fsp3) is 0.0870. The largest absolute Gasteiger partial charge is 0.287 e. The molecule has 0 radical (unpaired) electrons. The molecule has 0 unspecified atom stereocenters. The number of carbonyl (C=O) groups is 1. The molecule has 3 aromatic carbocycles. The third kappa shape index (κ3) is 4.39. The van der Waals surface area contributed by atoms with Crippen LogP contribution in [0.25, 0.3) is 0 Å². The summed E-state index contributed by atoms with van der Waals surface area (Å²) in [5.74, 6) is -0.143. The van der Waals surface area contributed by atoms with Crippen molar-refractivity contribution in [1.29, 1.82) is 0 Å². The third-order valence-corrected chi connectivity index (χ3v) is 4.05. The SMILES string of the molecule is CCc1ccc(/C=N/N=C(/C(=O)c2ccccc2)c2ccccc2)cc1. The number of rotatable bonds is 6. The molecule has 0 aliphatic heterocycles. The topological polar surface area (TPSA) is 41.8 Å². The van der Waals surface area contributed by atoms with Gasteiger partial charge < -0.3 is 0 Å². The van der Waals surface area contributed by atoms with E-state index in [4.69, 9.17) is 0 Å². The first-order valence-electron chi connectivity index (χ1n) is 8.63. The van der Waals surface area contributed by atoms with E-state index in [0.29, 0.717) is 11.3 Å². The molecule has 0 aromatic heterocycles. The van der Waals surface area contributed by atoms with Gasteiger partial charge in [-0.05, 0) is 17.5 Å². The van der Waals surface area contributed by atoms with Gasteiger partial charge in [0.1, 0.15) is 5.71 Å². The van der Waals surface area contributed by atoms with Gasteiger partial charge in [0.25, 0.3) is 0 Å². The molecule has 0 spiro atoms. The average Bonchev–Trinajstić information content (AvgIpc) is 2.72. The van der Waals surface area contributed by atoms with Crippen molar-refractivity contribution in [2.75, 3.05) is 0 Å². The second-order valence-electron chi connectivity index (χ2n) is 5.85. The lowest BCUT2D eigenvalue weighted by Crippen LogP contribution is -2.15. The van der Waals surface area contributed by atoms with Crippen LogP contribution in [0.2, 0.25) is 0 Å². The standard InChI is InChI=1S/C23H20N2O/c1-2-18-13-15-19(16-14-18)17-24-25-22(20-9-5-3-6-10-20)23(26)21-11-7-4-8-12-21/h3-17H,2H2,1H3/b24-17+,25-22+. The molecule has 0 N–H and O–H groups in total. The van der Waals surface area contributed by atoms with E-state index in [1.54, 1.807) is 18.3 Å². The Bertz CT molecular complexity index is 911. The van der Waals surface area contributed by atoms with Crippen LogP contribution in [0.5, 0.6) is 0 Å². The molecule has 3 aromatic rings. The number of nitrogens with zero attached hydrogens (tertiary/aromatic N) is 2. The average molecular weight is 340 g/mol. The Morgan fingerprint density at radius 2 is 1.38 bits per heavy atom. The molecule has 0 amide bonds. The van der Waals surface area contributed by atoms with Crippen LogP contribution in [-0.4, -0.2) is 17.7 Å². The summed E-state index contributed by atoms with van der Waals surface area (Å²) in [6, 6.07) is 26.7. The first kappa shape index (κ1) is 17.5. The first-order chi connectivity index (χ1) is 12.8. The first-order valence-corrected chi connectivity index (χ1v) is 8.63. The number of hydrogen-bond donors (Lipinski definition) is 0. The zero-order chi connectivity index (χ0) is 18.2. The van der Waals surface area contributed by atoms with Crippen LogP contribution in [0.4, 0.5) is 0 Å². The van der Waals surface area contributed by atoms with Crippen molar-refractivity contribution in [2.24, 2.45) is 10.2 Å². The van der Waals surface area contributed by atoms with Gasteiger partial charge in [-0.3, -0.25) is 4.79 Å². The number of benzene rings is 3. The van der Waals surface area contributed by atoms with Gasteiger partial charge in [-0.25, -0.2) is 0 Å². The van der Waals surface area contributed by atoms with E-state index in [-0.39, 0.29) is 5.78 Å². The highest BCUT2D eigenvalue weighted by molar-refractivity contribution is 6.51. The van der Waals surface area contributed by atoms with E-state index in [1.807, 2.05) is 60.7 Å². The number of Topliss-reactive ketones (excluding diaryl/α,β-unsaturated/α-hetero) is 1. The number of carbonyl (C=O) groups excluding carboxylic acids is 1. The Kier molecular flexibility index (Phi) is 5.84. The Balaban J connectivity index is 1.91. The minimum Gasteiger partial charge on any atom is -0.287 e. The molecule has 0 fully saturated rings. The van der Waals surface area contributed by atoms with Crippen molar-refractivity contribution in [3.63, 3.8) is 0 Å². The fourth-order valence-electron chi connectivity index (χ4n) is 2.55. The summed E-state index contributed by atoms with van der Waals surface area (Å²) in [5, 5.41) is 8.41. The number of hydrogen-bond acceptors (Lipinski definition) is 3. The van der Waals surface area contributed by atoms with Crippen LogP contribution >= 0.6 is 0 Å². The van der Waals surface area contributed by atoms with Crippen molar-refractivity contribution >= 4 is 17.7 Å². The molecule has 0 bridgehead atoms. The Morgan fingerprint density at radius 1 is 0.808 bits per heavy atom. The monoisotopic (exact) mass is 340 g/mol. The summed E-state index contributed by atoms with van der Waals surface area (Å²) in [6.45, 7) is 2.12. The second-order valence-corrected chi connectivity index (χ2v) is 5.85. The van der Waals surface area contributed by atoms with Gasteiger partial charge in [-0.1, -0.05) is 91.9 Å². The van der Waals surface area contributed by atoms with Crippen molar-refractivity contribution in [3.8, 4) is 0 Å². The van der Waals surface area contributed by atoms with E-state index in [9.17, 15) is 4.79 Å². The van der Waals surface area contributed by atoms with Crippen LogP contribution < -0.4 is 0 Å². The molecule has 3 rings (SSSR count). The van der Waals surface area contributed by atoms with Crippen molar-refractivity contribution in [3.05, 3.63) is 107 Å². The summed E-state index contributed by atoms with van der Waals surface area (Å²) in [5.41, 5.74) is 3.90. The quantitative estimate of drug-likeness (QED) is 0.355. The molecule has 3 nitrogen and oxygen atoms in total. The maximum absolute atomic E-state index is 12.9. The number of ketones is 1. The summed E-state index contributed by atoms with van der Waals surface area (Å²) >= 11 is 0. The Morgan fingerprint density at radius 3 is 1.96 bits per heavy atom. The van der Waals surface area contributed by atoms with Crippen molar-refractivity contribution < 1.29 is 4.79 Å². The molecule has 0 saturated carbocycles. The van der Waals surface area contributed by atoms with Crippen LogP contribution in [0, 0.1) is 0 Å². The maximum atomic E-state index is 12.9. The molecular formula is C23H20N2O. The minimum absolute atomic E-state index is 0.143.